The minimum atomic E-state index is -0.385. The Morgan fingerprint density at radius 2 is 1.81 bits per heavy atom. The molecule has 2 aromatic heterocycles. The van der Waals surface area contributed by atoms with Gasteiger partial charge in [-0.15, -0.1) is 5.10 Å². The van der Waals surface area contributed by atoms with Crippen molar-refractivity contribution in [2.45, 2.75) is 32.6 Å². The van der Waals surface area contributed by atoms with E-state index in [0.29, 0.717) is 47.3 Å². The van der Waals surface area contributed by atoms with Crippen LogP contribution in [0.4, 0.5) is 0 Å². The third kappa shape index (κ3) is 3.52. The fourth-order valence-electron chi connectivity index (χ4n) is 5.22. The topological polar surface area (TPSA) is 87.8 Å². The molecule has 0 saturated carbocycles. The first-order valence-corrected chi connectivity index (χ1v) is 11.9. The first-order valence-electron chi connectivity index (χ1n) is 11.9. The average Bonchev–Trinajstić information content (AvgIpc) is 3.31. The Kier molecular flexibility index (Phi) is 5.07. The molecule has 2 aliphatic rings. The van der Waals surface area contributed by atoms with E-state index in [2.05, 4.69) is 23.9 Å². The highest BCUT2D eigenvalue weighted by Crippen LogP contribution is 2.50. The number of allylic oxidation sites excluding steroid dienone is 2. The Labute approximate surface area is 208 Å². The predicted octanol–water partition coefficient (Wildman–Crippen LogP) is 4.98. The minimum absolute atomic E-state index is 0.0826. The van der Waals surface area contributed by atoms with E-state index in [4.69, 9.17) is 19.2 Å². The Hall–Kier alpha value is -4.20. The molecule has 36 heavy (non-hydrogen) atoms. The highest BCUT2D eigenvalue weighted by Gasteiger charge is 2.44. The van der Waals surface area contributed by atoms with Gasteiger partial charge >= 0.3 is 0 Å². The maximum Gasteiger partial charge on any atom is 0.228 e. The number of para-hydroxylation sites is 1. The molecule has 8 nitrogen and oxygen atoms in total. The summed E-state index contributed by atoms with van der Waals surface area (Å²) in [5.41, 5.74) is 3.51. The van der Waals surface area contributed by atoms with E-state index in [1.165, 1.54) is 0 Å². The minimum Gasteiger partial charge on any atom is -0.497 e. The van der Waals surface area contributed by atoms with Crippen LogP contribution in [0.25, 0.3) is 17.0 Å². The van der Waals surface area contributed by atoms with Crippen LogP contribution < -0.4 is 14.2 Å². The molecule has 1 aliphatic heterocycles. The van der Waals surface area contributed by atoms with E-state index in [9.17, 15) is 4.79 Å². The number of rotatable bonds is 4. The van der Waals surface area contributed by atoms with Crippen molar-refractivity contribution in [3.8, 4) is 28.8 Å². The first-order chi connectivity index (χ1) is 17.4. The molecule has 1 aliphatic carbocycles. The number of hydrogen-bond donors (Lipinski definition) is 0. The maximum atomic E-state index is 13.6. The van der Waals surface area contributed by atoms with E-state index in [-0.39, 0.29) is 17.1 Å². The maximum absolute atomic E-state index is 13.6. The number of Topliss-reactive ketones (excluding diaryl/α,β-unsaturated/α-hetero) is 1. The number of aromatic nitrogens is 4. The van der Waals surface area contributed by atoms with Gasteiger partial charge in [-0.1, -0.05) is 38.1 Å². The Morgan fingerprint density at radius 3 is 2.56 bits per heavy atom. The van der Waals surface area contributed by atoms with Crippen LogP contribution in [0, 0.1) is 5.41 Å². The van der Waals surface area contributed by atoms with Crippen molar-refractivity contribution in [2.24, 2.45) is 5.41 Å². The first kappa shape index (κ1) is 22.3. The molecule has 3 heterocycles. The molecule has 2 aromatic carbocycles. The van der Waals surface area contributed by atoms with Crippen molar-refractivity contribution in [3.63, 3.8) is 0 Å². The molecule has 4 aromatic rings. The van der Waals surface area contributed by atoms with Gasteiger partial charge in [0.1, 0.15) is 23.6 Å². The molecule has 8 heteroatoms. The van der Waals surface area contributed by atoms with Gasteiger partial charge in [0.2, 0.25) is 5.88 Å². The molecule has 1 atom stereocenters. The summed E-state index contributed by atoms with van der Waals surface area (Å²) >= 11 is 0. The Morgan fingerprint density at radius 1 is 1.03 bits per heavy atom. The lowest BCUT2D eigenvalue weighted by atomic mass is 9.70. The lowest BCUT2D eigenvalue weighted by Gasteiger charge is -2.37. The zero-order valence-corrected chi connectivity index (χ0v) is 20.6. The number of ketones is 1. The van der Waals surface area contributed by atoms with Crippen molar-refractivity contribution in [3.05, 3.63) is 77.3 Å². The molecular formula is C28H26N4O4. The van der Waals surface area contributed by atoms with Gasteiger partial charge in [-0.2, -0.15) is 0 Å². The van der Waals surface area contributed by atoms with Crippen molar-refractivity contribution in [1.29, 1.82) is 0 Å². The van der Waals surface area contributed by atoms with Crippen LogP contribution in [-0.4, -0.2) is 39.6 Å². The fourth-order valence-corrected chi connectivity index (χ4v) is 5.22. The zero-order valence-electron chi connectivity index (χ0n) is 20.6. The van der Waals surface area contributed by atoms with Gasteiger partial charge in [-0.05, 0) is 35.2 Å². The quantitative estimate of drug-likeness (QED) is 0.406. The van der Waals surface area contributed by atoms with Gasteiger partial charge in [-0.3, -0.25) is 4.79 Å². The average molecular weight is 483 g/mol. The Bertz CT molecular complexity index is 1540. The normalized spacial score (nSPS) is 18.4. The summed E-state index contributed by atoms with van der Waals surface area (Å²) in [6, 6.07) is 15.4. The van der Waals surface area contributed by atoms with Gasteiger partial charge in [0.05, 0.1) is 25.3 Å². The van der Waals surface area contributed by atoms with E-state index in [1.807, 2.05) is 48.5 Å². The van der Waals surface area contributed by atoms with Crippen LogP contribution in [0.1, 0.15) is 43.7 Å². The fraction of sp³-hybridized carbons (Fsp3) is 0.286. The van der Waals surface area contributed by atoms with Crippen LogP contribution in [0.3, 0.4) is 0 Å². The lowest BCUT2D eigenvalue weighted by Crippen LogP contribution is -2.33. The summed E-state index contributed by atoms with van der Waals surface area (Å²) in [6.45, 7) is 4.18. The second kappa shape index (κ2) is 8.19. The molecule has 0 fully saturated rings. The summed E-state index contributed by atoms with van der Waals surface area (Å²) in [7, 11) is 3.25. The predicted molar refractivity (Wildman–Crippen MR) is 133 cm³/mol. The number of hydrogen-bond acceptors (Lipinski definition) is 7. The van der Waals surface area contributed by atoms with Gasteiger partial charge in [0, 0.05) is 24.3 Å². The Balaban J connectivity index is 1.59. The number of carbonyl (C=O) groups excluding carboxylic acids is 1. The highest BCUT2D eigenvalue weighted by molar-refractivity contribution is 6.00. The van der Waals surface area contributed by atoms with Crippen molar-refractivity contribution in [1.82, 2.24) is 19.6 Å². The van der Waals surface area contributed by atoms with Crippen molar-refractivity contribution in [2.75, 3.05) is 14.2 Å². The number of methoxy groups -OCH3 is 2. The molecule has 0 amide bonds. The molecule has 0 saturated heterocycles. The van der Waals surface area contributed by atoms with E-state index >= 15 is 0 Å². The third-order valence-electron chi connectivity index (χ3n) is 6.86. The highest BCUT2D eigenvalue weighted by atomic mass is 16.5. The SMILES string of the molecule is COc1ccc([C@@H]2C3=C(CC(C)(C)CC3=O)Oc3ncn4nc(-c5ccccc5OC)nc4c32)cc1. The number of ether oxygens (including phenoxy) is 3. The summed E-state index contributed by atoms with van der Waals surface area (Å²) < 4.78 is 18.9. The van der Waals surface area contributed by atoms with Gasteiger partial charge in [0.15, 0.2) is 17.3 Å². The molecule has 0 unspecified atom stereocenters. The monoisotopic (exact) mass is 482 g/mol. The lowest BCUT2D eigenvalue weighted by molar-refractivity contribution is -0.118. The summed E-state index contributed by atoms with van der Waals surface area (Å²) in [4.78, 5) is 23.1. The molecule has 0 radical (unpaired) electrons. The summed E-state index contributed by atoms with van der Waals surface area (Å²) in [5, 5.41) is 4.69. The molecule has 182 valence electrons. The van der Waals surface area contributed by atoms with Crippen LogP contribution in [-0.2, 0) is 4.79 Å². The molecular weight excluding hydrogens is 456 g/mol. The second-order valence-corrected chi connectivity index (χ2v) is 9.95. The number of carbonyl (C=O) groups is 1. The number of fused-ring (bicyclic) bond motifs is 3. The zero-order chi connectivity index (χ0) is 25.0. The van der Waals surface area contributed by atoms with Crippen LogP contribution in [0.2, 0.25) is 0 Å². The van der Waals surface area contributed by atoms with E-state index in [0.717, 1.165) is 22.4 Å². The standard InChI is InChI=1S/C28H26N4O4/c1-28(2)13-19(33)23-21(14-28)36-27-24(22(23)16-9-11-17(34-3)12-10-16)26-30-25(31-32(26)15-29-27)18-7-5-6-8-20(18)35-4/h5-12,15,22H,13-14H2,1-4H3/t22-/m1/s1. The van der Waals surface area contributed by atoms with Gasteiger partial charge in [-0.25, -0.2) is 14.5 Å². The van der Waals surface area contributed by atoms with Crippen LogP contribution in [0.15, 0.2) is 66.2 Å². The van der Waals surface area contributed by atoms with E-state index in [1.54, 1.807) is 25.1 Å². The summed E-state index contributed by atoms with van der Waals surface area (Å²) in [5.74, 6) is 2.76. The molecule has 0 bridgehead atoms. The van der Waals surface area contributed by atoms with Crippen molar-refractivity contribution >= 4 is 11.4 Å². The van der Waals surface area contributed by atoms with Gasteiger partial charge < -0.3 is 14.2 Å². The summed E-state index contributed by atoms with van der Waals surface area (Å²) in [6.07, 6.45) is 2.71. The van der Waals surface area contributed by atoms with Crippen molar-refractivity contribution < 1.29 is 19.0 Å². The molecule has 6 rings (SSSR count). The second-order valence-electron chi connectivity index (χ2n) is 9.95. The van der Waals surface area contributed by atoms with E-state index < -0.39 is 0 Å². The van der Waals surface area contributed by atoms with Crippen LogP contribution in [0.5, 0.6) is 17.4 Å². The smallest absolute Gasteiger partial charge is 0.228 e. The third-order valence-corrected chi connectivity index (χ3v) is 6.86. The molecule has 0 N–H and O–H groups in total. The number of benzene rings is 2. The largest absolute Gasteiger partial charge is 0.497 e. The number of nitrogens with zero attached hydrogens (tertiary/aromatic N) is 4. The van der Waals surface area contributed by atoms with Crippen LogP contribution >= 0.6 is 0 Å². The molecule has 0 spiro atoms. The van der Waals surface area contributed by atoms with Gasteiger partial charge in [0.25, 0.3) is 0 Å².